The van der Waals surface area contributed by atoms with E-state index in [9.17, 15) is 9.59 Å². The minimum Gasteiger partial charge on any atom is -0.468 e. The van der Waals surface area contributed by atoms with Crippen LogP contribution in [0.15, 0.2) is 22.6 Å². The van der Waals surface area contributed by atoms with E-state index in [1.807, 2.05) is 26.8 Å². The molecule has 0 N–H and O–H groups in total. The Morgan fingerprint density at radius 2 is 2.11 bits per heavy atom. The number of carbonyl (C=O) groups excluding carboxylic acids is 2. The number of hydrogen-bond acceptors (Lipinski definition) is 4. The maximum absolute atomic E-state index is 12.0. The molecule has 1 rings (SSSR count). The predicted octanol–water partition coefficient (Wildman–Crippen LogP) is 2.01. The van der Waals surface area contributed by atoms with Gasteiger partial charge in [0.25, 0.3) is 0 Å². The molecule has 0 spiro atoms. The number of ether oxygens (including phenoxy) is 1. The van der Waals surface area contributed by atoms with E-state index in [0.29, 0.717) is 5.76 Å². The van der Waals surface area contributed by atoms with Gasteiger partial charge < -0.3 is 14.1 Å². The molecule has 0 atom stereocenters. The van der Waals surface area contributed by atoms with Crippen molar-refractivity contribution < 1.29 is 18.7 Å². The average Bonchev–Trinajstić information content (AvgIpc) is 2.78. The number of carbonyl (C=O) groups is 2. The van der Waals surface area contributed by atoms with Gasteiger partial charge in [0.05, 0.1) is 7.11 Å². The van der Waals surface area contributed by atoms with Gasteiger partial charge in [0.15, 0.2) is 0 Å². The molecular formula is C14H19NO4. The summed E-state index contributed by atoms with van der Waals surface area (Å²) in [5.74, 6) is 0.689. The molecule has 0 aliphatic heterocycles. The third-order valence-corrected chi connectivity index (χ3v) is 2.58. The van der Waals surface area contributed by atoms with Gasteiger partial charge in [0, 0.05) is 12.1 Å². The summed E-state index contributed by atoms with van der Waals surface area (Å²) >= 11 is 0. The number of amides is 1. The molecule has 0 bridgehead atoms. The molecule has 1 heterocycles. The molecule has 0 aromatic carbocycles. The van der Waals surface area contributed by atoms with E-state index >= 15 is 0 Å². The van der Waals surface area contributed by atoms with Gasteiger partial charge in [0.2, 0.25) is 5.91 Å². The van der Waals surface area contributed by atoms with Crippen molar-refractivity contribution in [3.8, 4) is 0 Å². The van der Waals surface area contributed by atoms with Gasteiger partial charge in [-0.15, -0.1) is 0 Å². The quantitative estimate of drug-likeness (QED) is 0.603. The summed E-state index contributed by atoms with van der Waals surface area (Å²) < 4.78 is 9.90. The fraction of sp³-hybridized carbons (Fsp3) is 0.429. The Hall–Kier alpha value is -2.04. The Kier molecular flexibility index (Phi) is 5.36. The van der Waals surface area contributed by atoms with Crippen LogP contribution in [0, 0.1) is 6.92 Å². The summed E-state index contributed by atoms with van der Waals surface area (Å²) in [4.78, 5) is 24.7. The molecule has 1 amide bonds. The zero-order valence-corrected chi connectivity index (χ0v) is 11.7. The Morgan fingerprint density at radius 1 is 1.42 bits per heavy atom. The van der Waals surface area contributed by atoms with Crippen LogP contribution >= 0.6 is 0 Å². The first-order chi connectivity index (χ1) is 8.93. The van der Waals surface area contributed by atoms with Gasteiger partial charge >= 0.3 is 5.97 Å². The topological polar surface area (TPSA) is 59.8 Å². The van der Waals surface area contributed by atoms with Crippen LogP contribution in [0.1, 0.15) is 25.4 Å². The van der Waals surface area contributed by atoms with E-state index in [4.69, 9.17) is 4.42 Å². The van der Waals surface area contributed by atoms with Crippen LogP contribution in [0.4, 0.5) is 0 Å². The number of methoxy groups -OCH3 is 1. The van der Waals surface area contributed by atoms with Gasteiger partial charge in [-0.1, -0.05) is 0 Å². The first kappa shape index (κ1) is 15.0. The Labute approximate surface area is 112 Å². The zero-order chi connectivity index (χ0) is 14.4. The maximum atomic E-state index is 12.0. The monoisotopic (exact) mass is 265 g/mol. The summed E-state index contributed by atoms with van der Waals surface area (Å²) in [7, 11) is 1.30. The molecule has 0 saturated carbocycles. The largest absolute Gasteiger partial charge is 0.468 e. The highest BCUT2D eigenvalue weighted by molar-refractivity contribution is 5.93. The van der Waals surface area contributed by atoms with E-state index in [1.165, 1.54) is 18.1 Å². The van der Waals surface area contributed by atoms with Crippen LogP contribution in [0.2, 0.25) is 0 Å². The van der Waals surface area contributed by atoms with E-state index in [-0.39, 0.29) is 18.5 Å². The first-order valence-corrected chi connectivity index (χ1v) is 6.06. The van der Waals surface area contributed by atoms with Gasteiger partial charge in [-0.3, -0.25) is 9.59 Å². The van der Waals surface area contributed by atoms with Crippen LogP contribution < -0.4 is 0 Å². The van der Waals surface area contributed by atoms with Crippen LogP contribution in [0.5, 0.6) is 0 Å². The third-order valence-electron chi connectivity index (χ3n) is 2.58. The van der Waals surface area contributed by atoms with Crippen LogP contribution in [0.25, 0.3) is 6.08 Å². The lowest BCUT2D eigenvalue weighted by Gasteiger charge is -2.23. The maximum Gasteiger partial charge on any atom is 0.325 e. The number of esters is 1. The Morgan fingerprint density at radius 3 is 2.58 bits per heavy atom. The molecular weight excluding hydrogens is 246 g/mol. The van der Waals surface area contributed by atoms with Crippen molar-refractivity contribution in [1.82, 2.24) is 4.90 Å². The van der Waals surface area contributed by atoms with Crippen LogP contribution in [0.3, 0.4) is 0 Å². The molecule has 0 saturated heterocycles. The Bertz CT molecular complexity index is 474. The van der Waals surface area contributed by atoms with E-state index < -0.39 is 5.97 Å². The fourth-order valence-corrected chi connectivity index (χ4v) is 1.51. The Balaban J connectivity index is 2.72. The fourth-order valence-electron chi connectivity index (χ4n) is 1.51. The molecule has 1 aromatic rings. The number of furan rings is 1. The molecule has 5 nitrogen and oxygen atoms in total. The van der Waals surface area contributed by atoms with Gasteiger partial charge in [-0.05, 0) is 39.0 Å². The van der Waals surface area contributed by atoms with Crippen molar-refractivity contribution in [3.05, 3.63) is 29.7 Å². The van der Waals surface area contributed by atoms with Crippen molar-refractivity contribution in [2.45, 2.75) is 26.8 Å². The second-order valence-electron chi connectivity index (χ2n) is 4.42. The molecule has 5 heteroatoms. The molecule has 0 unspecified atom stereocenters. The van der Waals surface area contributed by atoms with E-state index in [0.717, 1.165) is 5.76 Å². The van der Waals surface area contributed by atoms with E-state index in [1.54, 1.807) is 12.1 Å². The summed E-state index contributed by atoms with van der Waals surface area (Å²) in [6, 6.07) is 3.51. The lowest BCUT2D eigenvalue weighted by Crippen LogP contribution is -2.40. The molecule has 1 aromatic heterocycles. The minimum atomic E-state index is -0.440. The third kappa shape index (κ3) is 4.62. The van der Waals surface area contributed by atoms with Crippen molar-refractivity contribution in [1.29, 1.82) is 0 Å². The second kappa shape index (κ2) is 6.78. The summed E-state index contributed by atoms with van der Waals surface area (Å²) in [5, 5.41) is 0. The van der Waals surface area contributed by atoms with Gasteiger partial charge in [-0.25, -0.2) is 0 Å². The number of nitrogens with zero attached hydrogens (tertiary/aromatic N) is 1. The molecule has 104 valence electrons. The van der Waals surface area contributed by atoms with Gasteiger partial charge in [-0.2, -0.15) is 0 Å². The van der Waals surface area contributed by atoms with Crippen molar-refractivity contribution in [3.63, 3.8) is 0 Å². The molecule has 0 radical (unpaired) electrons. The predicted molar refractivity (Wildman–Crippen MR) is 71.3 cm³/mol. The van der Waals surface area contributed by atoms with E-state index in [2.05, 4.69) is 4.74 Å². The molecule has 0 fully saturated rings. The highest BCUT2D eigenvalue weighted by Crippen LogP contribution is 2.09. The number of hydrogen-bond donors (Lipinski definition) is 0. The second-order valence-corrected chi connectivity index (χ2v) is 4.42. The zero-order valence-electron chi connectivity index (χ0n) is 11.7. The normalized spacial score (nSPS) is 11.0. The first-order valence-electron chi connectivity index (χ1n) is 6.06. The SMILES string of the molecule is COC(=O)CN(C(=O)/C=C/c1ccc(C)o1)C(C)C. The molecule has 19 heavy (non-hydrogen) atoms. The van der Waals surface area contributed by atoms with Crippen LogP contribution in [-0.4, -0.2) is 36.5 Å². The number of rotatable bonds is 5. The lowest BCUT2D eigenvalue weighted by molar-refractivity contribution is -0.146. The smallest absolute Gasteiger partial charge is 0.325 e. The summed E-state index contributed by atoms with van der Waals surface area (Å²) in [6.45, 7) is 5.45. The van der Waals surface area contributed by atoms with Crippen LogP contribution in [-0.2, 0) is 14.3 Å². The van der Waals surface area contributed by atoms with Crippen molar-refractivity contribution in [2.24, 2.45) is 0 Å². The lowest BCUT2D eigenvalue weighted by atomic mass is 10.3. The standard InChI is InChI=1S/C14H19NO4/c1-10(2)15(9-14(17)18-4)13(16)8-7-12-6-5-11(3)19-12/h5-8,10H,9H2,1-4H3/b8-7+. The van der Waals surface area contributed by atoms with Crippen molar-refractivity contribution >= 4 is 18.0 Å². The highest BCUT2D eigenvalue weighted by atomic mass is 16.5. The highest BCUT2D eigenvalue weighted by Gasteiger charge is 2.18. The average molecular weight is 265 g/mol. The minimum absolute atomic E-state index is 0.0610. The molecule has 0 aliphatic rings. The number of aryl methyl sites for hydroxylation is 1. The summed E-state index contributed by atoms with van der Waals surface area (Å²) in [5.41, 5.74) is 0. The summed E-state index contributed by atoms with van der Waals surface area (Å²) in [6.07, 6.45) is 2.98. The van der Waals surface area contributed by atoms with Crippen molar-refractivity contribution in [2.75, 3.05) is 13.7 Å². The van der Waals surface area contributed by atoms with Gasteiger partial charge in [0.1, 0.15) is 18.1 Å². The molecule has 0 aliphatic carbocycles.